The van der Waals surface area contributed by atoms with Crippen LogP contribution in [0.1, 0.15) is 16.7 Å². The zero-order valence-corrected chi connectivity index (χ0v) is 11.0. The summed E-state index contributed by atoms with van der Waals surface area (Å²) in [6.45, 7) is 6.43. The summed E-state index contributed by atoms with van der Waals surface area (Å²) in [5.74, 6) is 1.90. The second-order valence-electron chi connectivity index (χ2n) is 3.52. The van der Waals surface area contributed by atoms with Gasteiger partial charge < -0.3 is 0 Å². The molecule has 0 saturated heterocycles. The fourth-order valence-electron chi connectivity index (χ4n) is 1.63. The van der Waals surface area contributed by atoms with Gasteiger partial charge in [-0.2, -0.15) is 5.26 Å². The Kier molecular flexibility index (Phi) is 5.07. The minimum absolute atomic E-state index is 0.897. The Bertz CT molecular complexity index is 357. The third-order valence-electron chi connectivity index (χ3n) is 2.10. The first-order valence-electron chi connectivity index (χ1n) is 4.86. The molecule has 0 atom stereocenters. The van der Waals surface area contributed by atoms with E-state index < -0.39 is 0 Å². The monoisotopic (exact) mass is 237 g/mol. The summed E-state index contributed by atoms with van der Waals surface area (Å²) in [6.07, 6.45) is 0. The van der Waals surface area contributed by atoms with Crippen molar-refractivity contribution in [2.45, 2.75) is 25.7 Å². The minimum atomic E-state index is 0.897. The average molecular weight is 237 g/mol. The van der Waals surface area contributed by atoms with Crippen molar-refractivity contribution in [3.05, 3.63) is 28.8 Å². The number of nitrogens with zero attached hydrogens (tertiary/aromatic N) is 1. The highest BCUT2D eigenvalue weighted by Crippen LogP contribution is 2.27. The lowest BCUT2D eigenvalue weighted by molar-refractivity contribution is 1.19. The van der Waals surface area contributed by atoms with Crippen molar-refractivity contribution in [2.24, 2.45) is 0 Å². The van der Waals surface area contributed by atoms with E-state index in [4.69, 9.17) is 5.26 Å². The highest BCUT2D eigenvalue weighted by molar-refractivity contribution is 8.05. The molecule has 0 saturated carbocycles. The molecule has 0 spiro atoms. The van der Waals surface area contributed by atoms with Crippen LogP contribution in [0, 0.1) is 31.4 Å². The van der Waals surface area contributed by atoms with Crippen molar-refractivity contribution in [3.63, 3.8) is 0 Å². The Hall–Kier alpha value is -0.590. The van der Waals surface area contributed by atoms with Gasteiger partial charge in [-0.05, 0) is 43.7 Å². The molecule has 0 aromatic heterocycles. The van der Waals surface area contributed by atoms with E-state index in [0.717, 1.165) is 11.5 Å². The van der Waals surface area contributed by atoms with Crippen molar-refractivity contribution >= 4 is 23.5 Å². The van der Waals surface area contributed by atoms with Gasteiger partial charge in [-0.3, -0.25) is 0 Å². The molecule has 0 bridgehead atoms. The van der Waals surface area contributed by atoms with E-state index >= 15 is 0 Å². The summed E-state index contributed by atoms with van der Waals surface area (Å²) in [5, 5.41) is 10.5. The van der Waals surface area contributed by atoms with Gasteiger partial charge in [0.25, 0.3) is 0 Å². The number of hydrogen-bond donors (Lipinski definition) is 0. The molecule has 0 aliphatic rings. The highest BCUT2D eigenvalue weighted by Gasteiger charge is 2.03. The lowest BCUT2D eigenvalue weighted by atomic mass is 10.1. The van der Waals surface area contributed by atoms with Crippen molar-refractivity contribution in [3.8, 4) is 5.40 Å². The maximum atomic E-state index is 8.41. The normalized spacial score (nSPS) is 10.0. The maximum Gasteiger partial charge on any atom is 0.133 e. The third-order valence-corrected chi connectivity index (χ3v) is 4.24. The number of thioether (sulfide) groups is 2. The van der Waals surface area contributed by atoms with Crippen LogP contribution in [0.5, 0.6) is 0 Å². The number of hydrogen-bond acceptors (Lipinski definition) is 3. The summed E-state index contributed by atoms with van der Waals surface area (Å²) >= 11 is 3.18. The Labute approximate surface area is 100 Å². The first-order chi connectivity index (χ1) is 7.15. The van der Waals surface area contributed by atoms with E-state index in [1.54, 1.807) is 0 Å². The molecule has 15 heavy (non-hydrogen) atoms. The molecule has 3 heteroatoms. The summed E-state index contributed by atoms with van der Waals surface area (Å²) in [7, 11) is 0. The Morgan fingerprint density at radius 3 is 2.27 bits per heavy atom. The molecule has 80 valence electrons. The van der Waals surface area contributed by atoms with E-state index in [-0.39, 0.29) is 0 Å². The molecule has 0 aliphatic heterocycles. The maximum absolute atomic E-state index is 8.41. The lowest BCUT2D eigenvalue weighted by Gasteiger charge is -2.09. The van der Waals surface area contributed by atoms with Gasteiger partial charge in [0.1, 0.15) is 5.40 Å². The zero-order chi connectivity index (χ0) is 11.3. The number of thiocyanates is 1. The second-order valence-corrected chi connectivity index (χ2v) is 5.50. The van der Waals surface area contributed by atoms with Gasteiger partial charge >= 0.3 is 0 Å². The number of rotatable bonds is 4. The Balaban J connectivity index is 2.65. The molecule has 0 unspecified atom stereocenters. The van der Waals surface area contributed by atoms with E-state index in [2.05, 4.69) is 38.3 Å². The van der Waals surface area contributed by atoms with E-state index in [0.29, 0.717) is 0 Å². The van der Waals surface area contributed by atoms with Crippen LogP contribution in [0.3, 0.4) is 0 Å². The third kappa shape index (κ3) is 3.81. The summed E-state index contributed by atoms with van der Waals surface area (Å²) in [5.41, 5.74) is 4.01. The Morgan fingerprint density at radius 1 is 1.13 bits per heavy atom. The van der Waals surface area contributed by atoms with E-state index in [1.807, 2.05) is 11.8 Å². The Morgan fingerprint density at radius 2 is 1.73 bits per heavy atom. The first kappa shape index (κ1) is 12.5. The molecule has 1 nitrogen and oxygen atoms in total. The number of benzene rings is 1. The fourth-order valence-corrected chi connectivity index (χ4v) is 3.16. The predicted molar refractivity (Wildman–Crippen MR) is 69.4 cm³/mol. The molecule has 0 radical (unpaired) electrons. The van der Waals surface area contributed by atoms with Gasteiger partial charge in [0.05, 0.1) is 0 Å². The van der Waals surface area contributed by atoms with Crippen molar-refractivity contribution in [1.82, 2.24) is 0 Å². The molecule has 0 fully saturated rings. The van der Waals surface area contributed by atoms with E-state index in [1.165, 1.54) is 33.3 Å². The molecular weight excluding hydrogens is 222 g/mol. The molecule has 1 aromatic carbocycles. The second kappa shape index (κ2) is 6.09. The van der Waals surface area contributed by atoms with Crippen LogP contribution in [-0.2, 0) is 0 Å². The molecule has 0 N–H and O–H groups in total. The smallest absolute Gasteiger partial charge is 0.133 e. The quantitative estimate of drug-likeness (QED) is 0.450. The van der Waals surface area contributed by atoms with Crippen molar-refractivity contribution < 1.29 is 0 Å². The topological polar surface area (TPSA) is 23.8 Å². The lowest BCUT2D eigenvalue weighted by Crippen LogP contribution is -1.90. The molecule has 1 rings (SSSR count). The van der Waals surface area contributed by atoms with Crippen LogP contribution in [-0.4, -0.2) is 11.5 Å². The van der Waals surface area contributed by atoms with Crippen molar-refractivity contribution in [1.29, 1.82) is 5.26 Å². The average Bonchev–Trinajstić information content (AvgIpc) is 2.15. The standard InChI is InChI=1S/C12H15NS2/c1-9-6-10(2)12(11(3)7-9)15-5-4-14-8-13/h6-7H,4-5H2,1-3H3. The van der Waals surface area contributed by atoms with Gasteiger partial charge in [-0.15, -0.1) is 11.8 Å². The number of nitriles is 1. The summed E-state index contributed by atoms with van der Waals surface area (Å²) in [6, 6.07) is 4.43. The van der Waals surface area contributed by atoms with Gasteiger partial charge in [0.15, 0.2) is 0 Å². The summed E-state index contributed by atoms with van der Waals surface area (Å²) < 4.78 is 0. The molecule has 1 aromatic rings. The van der Waals surface area contributed by atoms with Gasteiger partial charge in [-0.25, -0.2) is 0 Å². The van der Waals surface area contributed by atoms with Gasteiger partial charge in [-0.1, -0.05) is 17.7 Å². The molecule has 0 aliphatic carbocycles. The minimum Gasteiger partial charge on any atom is -0.185 e. The molecule has 0 amide bonds. The van der Waals surface area contributed by atoms with Crippen LogP contribution < -0.4 is 0 Å². The number of aryl methyl sites for hydroxylation is 3. The SMILES string of the molecule is Cc1cc(C)c(SCCSC#N)c(C)c1. The molecule has 0 heterocycles. The van der Waals surface area contributed by atoms with Crippen LogP contribution in [0.2, 0.25) is 0 Å². The van der Waals surface area contributed by atoms with Gasteiger partial charge in [0.2, 0.25) is 0 Å². The first-order valence-corrected chi connectivity index (χ1v) is 6.84. The van der Waals surface area contributed by atoms with Crippen LogP contribution in [0.4, 0.5) is 0 Å². The summed E-state index contributed by atoms with van der Waals surface area (Å²) in [4.78, 5) is 1.37. The van der Waals surface area contributed by atoms with Gasteiger partial charge in [0, 0.05) is 16.4 Å². The highest BCUT2D eigenvalue weighted by atomic mass is 32.2. The fraction of sp³-hybridized carbons (Fsp3) is 0.417. The van der Waals surface area contributed by atoms with Crippen LogP contribution in [0.25, 0.3) is 0 Å². The predicted octanol–water partition coefficient (Wildman–Crippen LogP) is 3.92. The van der Waals surface area contributed by atoms with Crippen LogP contribution >= 0.6 is 23.5 Å². The van der Waals surface area contributed by atoms with E-state index in [9.17, 15) is 0 Å². The largest absolute Gasteiger partial charge is 0.185 e. The zero-order valence-electron chi connectivity index (χ0n) is 9.33. The van der Waals surface area contributed by atoms with Crippen LogP contribution in [0.15, 0.2) is 17.0 Å². The molecular formula is C12H15NS2. The van der Waals surface area contributed by atoms with Crippen molar-refractivity contribution in [2.75, 3.05) is 11.5 Å².